The number of hydrogen-bond donors (Lipinski definition) is 1. The van der Waals surface area contributed by atoms with Crippen LogP contribution in [0.1, 0.15) is 26.7 Å². The lowest BCUT2D eigenvalue weighted by Crippen LogP contribution is -2.29. The number of H-pyrrole nitrogens is 1. The highest BCUT2D eigenvalue weighted by molar-refractivity contribution is 6.28. The molecule has 0 fully saturated rings. The minimum Gasteiger partial charge on any atom is -0.356 e. The zero-order valence-corrected chi connectivity index (χ0v) is 11.0. The Balaban J connectivity index is 2.43. The molecular formula is C11H16ClN5. The van der Waals surface area contributed by atoms with Gasteiger partial charge in [0.1, 0.15) is 5.82 Å². The number of nitrogens with one attached hydrogen (secondary N) is 1. The smallest absolute Gasteiger partial charge is 0.226 e. The summed E-state index contributed by atoms with van der Waals surface area (Å²) >= 11 is 5.91. The molecule has 92 valence electrons. The Kier molecular flexibility index (Phi) is 3.47. The van der Waals surface area contributed by atoms with Crippen LogP contribution in [0.25, 0.3) is 11.0 Å². The summed E-state index contributed by atoms with van der Waals surface area (Å²) in [6.07, 6.45) is 3.98. The van der Waals surface area contributed by atoms with Gasteiger partial charge in [0, 0.05) is 13.1 Å². The van der Waals surface area contributed by atoms with Gasteiger partial charge in [0.15, 0.2) is 5.65 Å². The fourth-order valence-corrected chi connectivity index (χ4v) is 2.05. The van der Waals surface area contributed by atoms with Crippen LogP contribution in [0.3, 0.4) is 0 Å². The van der Waals surface area contributed by atoms with Crippen molar-refractivity contribution in [2.45, 2.75) is 32.7 Å². The van der Waals surface area contributed by atoms with Crippen LogP contribution in [0.5, 0.6) is 0 Å². The molecule has 2 rings (SSSR count). The summed E-state index contributed by atoms with van der Waals surface area (Å²) in [6.45, 7) is 4.34. The number of nitrogens with zero attached hydrogens (tertiary/aromatic N) is 4. The number of anilines is 1. The molecule has 1 N–H and O–H groups in total. The molecule has 5 nitrogen and oxygen atoms in total. The van der Waals surface area contributed by atoms with Gasteiger partial charge in [-0.25, -0.2) is 0 Å². The van der Waals surface area contributed by atoms with Crippen molar-refractivity contribution in [3.63, 3.8) is 0 Å². The standard InChI is InChI=1S/C11H16ClN5/c1-4-5-7(2)17(3)10-8-6-13-16-9(8)14-11(12)15-10/h6-7H,4-5H2,1-3H3,(H,13,14,15,16). The predicted molar refractivity (Wildman–Crippen MR) is 69.5 cm³/mol. The molecule has 0 spiro atoms. The normalized spacial score (nSPS) is 12.9. The lowest BCUT2D eigenvalue weighted by atomic mass is 10.1. The van der Waals surface area contributed by atoms with Crippen LogP contribution in [-0.2, 0) is 0 Å². The molecule has 0 aliphatic carbocycles. The Morgan fingerprint density at radius 1 is 1.47 bits per heavy atom. The number of halogens is 1. The zero-order valence-electron chi connectivity index (χ0n) is 10.2. The molecule has 17 heavy (non-hydrogen) atoms. The minimum absolute atomic E-state index is 0.243. The van der Waals surface area contributed by atoms with Crippen molar-refractivity contribution in [1.82, 2.24) is 20.2 Å². The Morgan fingerprint density at radius 2 is 2.24 bits per heavy atom. The van der Waals surface area contributed by atoms with Crippen molar-refractivity contribution < 1.29 is 0 Å². The van der Waals surface area contributed by atoms with Gasteiger partial charge in [-0.3, -0.25) is 5.10 Å². The molecule has 0 amide bonds. The zero-order chi connectivity index (χ0) is 12.4. The Labute approximate surface area is 105 Å². The van der Waals surface area contributed by atoms with E-state index < -0.39 is 0 Å². The van der Waals surface area contributed by atoms with Crippen LogP contribution < -0.4 is 4.90 Å². The maximum Gasteiger partial charge on any atom is 0.226 e. The van der Waals surface area contributed by atoms with E-state index in [1.165, 1.54) is 0 Å². The van der Waals surface area contributed by atoms with Crippen LogP contribution >= 0.6 is 11.6 Å². The van der Waals surface area contributed by atoms with Crippen molar-refractivity contribution in [1.29, 1.82) is 0 Å². The lowest BCUT2D eigenvalue weighted by Gasteiger charge is -2.26. The van der Waals surface area contributed by atoms with E-state index in [1.807, 2.05) is 7.05 Å². The van der Waals surface area contributed by atoms with E-state index in [4.69, 9.17) is 11.6 Å². The molecule has 0 aromatic carbocycles. The van der Waals surface area contributed by atoms with Gasteiger partial charge in [0.05, 0.1) is 11.6 Å². The SMILES string of the molecule is CCCC(C)N(C)c1nc(Cl)nc2[nH]ncc12. The molecule has 2 heterocycles. The van der Waals surface area contributed by atoms with E-state index in [0.717, 1.165) is 24.0 Å². The first-order valence-electron chi connectivity index (χ1n) is 5.73. The maximum absolute atomic E-state index is 5.91. The van der Waals surface area contributed by atoms with E-state index in [9.17, 15) is 0 Å². The number of hydrogen-bond acceptors (Lipinski definition) is 4. The van der Waals surface area contributed by atoms with Gasteiger partial charge in [-0.15, -0.1) is 0 Å². The highest BCUT2D eigenvalue weighted by Gasteiger charge is 2.16. The van der Waals surface area contributed by atoms with Crippen molar-refractivity contribution in [3.8, 4) is 0 Å². The van der Waals surface area contributed by atoms with Crippen LogP contribution in [0.4, 0.5) is 5.82 Å². The third kappa shape index (κ3) is 2.34. The second kappa shape index (κ2) is 4.87. The number of aromatic nitrogens is 4. The monoisotopic (exact) mass is 253 g/mol. The molecule has 1 unspecified atom stereocenters. The fraction of sp³-hybridized carbons (Fsp3) is 0.545. The van der Waals surface area contributed by atoms with Gasteiger partial charge in [-0.1, -0.05) is 13.3 Å². The highest BCUT2D eigenvalue weighted by atomic mass is 35.5. The first-order chi connectivity index (χ1) is 8.13. The third-order valence-corrected chi connectivity index (χ3v) is 3.13. The summed E-state index contributed by atoms with van der Waals surface area (Å²) in [6, 6.07) is 0.407. The average Bonchev–Trinajstić information content (AvgIpc) is 2.75. The first kappa shape index (κ1) is 12.1. The van der Waals surface area contributed by atoms with Gasteiger partial charge < -0.3 is 4.90 Å². The second-order valence-electron chi connectivity index (χ2n) is 4.20. The van der Waals surface area contributed by atoms with Crippen molar-refractivity contribution in [3.05, 3.63) is 11.5 Å². The number of aromatic amines is 1. The predicted octanol–water partition coefficient (Wildman–Crippen LogP) is 2.63. The Morgan fingerprint density at radius 3 is 2.94 bits per heavy atom. The van der Waals surface area contributed by atoms with Gasteiger partial charge in [0.2, 0.25) is 5.28 Å². The minimum atomic E-state index is 0.243. The first-order valence-corrected chi connectivity index (χ1v) is 6.10. The lowest BCUT2D eigenvalue weighted by molar-refractivity contribution is 0.612. The van der Waals surface area contributed by atoms with Crippen LogP contribution in [0.15, 0.2) is 6.20 Å². The molecule has 2 aromatic heterocycles. The molecule has 1 atom stereocenters. The molecule has 0 saturated carbocycles. The molecule has 0 aliphatic heterocycles. The quantitative estimate of drug-likeness (QED) is 0.851. The molecular weight excluding hydrogens is 238 g/mol. The molecule has 0 saturated heterocycles. The summed E-state index contributed by atoms with van der Waals surface area (Å²) in [5, 5.41) is 7.94. The summed E-state index contributed by atoms with van der Waals surface area (Å²) in [4.78, 5) is 10.5. The third-order valence-electron chi connectivity index (χ3n) is 2.96. The number of rotatable bonds is 4. The Bertz CT molecular complexity index is 510. The highest BCUT2D eigenvalue weighted by Crippen LogP contribution is 2.25. The second-order valence-corrected chi connectivity index (χ2v) is 4.54. The molecule has 6 heteroatoms. The maximum atomic E-state index is 5.91. The topological polar surface area (TPSA) is 57.7 Å². The van der Waals surface area contributed by atoms with E-state index in [1.54, 1.807) is 6.20 Å². The van der Waals surface area contributed by atoms with Gasteiger partial charge >= 0.3 is 0 Å². The van der Waals surface area contributed by atoms with Crippen LogP contribution in [0, 0.1) is 0 Å². The van der Waals surface area contributed by atoms with Gasteiger partial charge in [-0.05, 0) is 24.9 Å². The molecule has 0 aliphatic rings. The van der Waals surface area contributed by atoms with Crippen LogP contribution in [-0.4, -0.2) is 33.3 Å². The van der Waals surface area contributed by atoms with Crippen LogP contribution in [0.2, 0.25) is 5.28 Å². The van der Waals surface area contributed by atoms with E-state index >= 15 is 0 Å². The summed E-state index contributed by atoms with van der Waals surface area (Å²) < 4.78 is 0. The van der Waals surface area contributed by atoms with Gasteiger partial charge in [-0.2, -0.15) is 15.1 Å². The van der Waals surface area contributed by atoms with E-state index in [0.29, 0.717) is 11.7 Å². The number of fused-ring (bicyclic) bond motifs is 1. The fourth-order valence-electron chi connectivity index (χ4n) is 1.88. The van der Waals surface area contributed by atoms with E-state index in [2.05, 4.69) is 38.9 Å². The van der Waals surface area contributed by atoms with Gasteiger partial charge in [0.25, 0.3) is 0 Å². The summed E-state index contributed by atoms with van der Waals surface area (Å²) in [5.41, 5.74) is 0.676. The molecule has 2 aromatic rings. The van der Waals surface area contributed by atoms with Crippen molar-refractivity contribution >= 4 is 28.5 Å². The van der Waals surface area contributed by atoms with E-state index in [-0.39, 0.29) is 5.28 Å². The van der Waals surface area contributed by atoms with Crippen molar-refractivity contribution in [2.24, 2.45) is 0 Å². The average molecular weight is 254 g/mol. The molecule has 0 bridgehead atoms. The Hall–Kier alpha value is -1.36. The summed E-state index contributed by atoms with van der Waals surface area (Å²) in [5.74, 6) is 0.828. The largest absolute Gasteiger partial charge is 0.356 e. The summed E-state index contributed by atoms with van der Waals surface area (Å²) in [7, 11) is 2.02. The van der Waals surface area contributed by atoms with Crippen molar-refractivity contribution in [2.75, 3.05) is 11.9 Å². The molecule has 0 radical (unpaired) electrons.